The molecule has 114 valence electrons. The molecule has 0 radical (unpaired) electrons. The number of morpholine rings is 1. The molecule has 1 saturated heterocycles. The predicted molar refractivity (Wildman–Crippen MR) is 79.5 cm³/mol. The average Bonchev–Trinajstić information content (AvgIpc) is 2.48. The first-order valence-electron chi connectivity index (χ1n) is 6.33. The van der Waals surface area contributed by atoms with Crippen molar-refractivity contribution >= 4 is 33.3 Å². The van der Waals surface area contributed by atoms with Gasteiger partial charge in [-0.1, -0.05) is 0 Å². The minimum absolute atomic E-state index is 0.0587. The minimum atomic E-state index is -0.647. The molecule has 0 amide bonds. The Morgan fingerprint density at radius 2 is 2.29 bits per heavy atom. The van der Waals surface area contributed by atoms with Gasteiger partial charge in [-0.25, -0.2) is 4.79 Å². The highest BCUT2D eigenvalue weighted by Gasteiger charge is 2.29. The number of nitro groups is 1. The normalized spacial score (nSPS) is 18.4. The Kier molecular flexibility index (Phi) is 4.79. The molecule has 0 saturated carbocycles. The fourth-order valence-corrected chi connectivity index (χ4v) is 2.82. The van der Waals surface area contributed by atoms with Gasteiger partial charge in [0.25, 0.3) is 5.69 Å². The Bertz CT molecular complexity index is 578. The van der Waals surface area contributed by atoms with Gasteiger partial charge in [0, 0.05) is 22.6 Å². The monoisotopic (exact) mass is 358 g/mol. The van der Waals surface area contributed by atoms with Gasteiger partial charge < -0.3 is 14.4 Å². The van der Waals surface area contributed by atoms with E-state index in [4.69, 9.17) is 4.74 Å². The van der Waals surface area contributed by atoms with Crippen molar-refractivity contribution in [1.82, 2.24) is 0 Å². The Labute approximate surface area is 130 Å². The van der Waals surface area contributed by atoms with E-state index < -0.39 is 17.0 Å². The SMILES string of the molecule is COC(=O)C1CN(c2cc(C)c([N+](=O)[O-])cc2Br)CCO1. The second-order valence-corrected chi connectivity index (χ2v) is 5.53. The number of benzene rings is 1. The van der Waals surface area contributed by atoms with Crippen molar-refractivity contribution in [2.75, 3.05) is 31.7 Å². The molecule has 0 bridgehead atoms. The smallest absolute Gasteiger partial charge is 0.336 e. The number of anilines is 1. The first-order chi connectivity index (χ1) is 9.93. The Hall–Kier alpha value is -1.67. The number of halogens is 1. The molecule has 0 N–H and O–H groups in total. The van der Waals surface area contributed by atoms with E-state index in [0.29, 0.717) is 29.7 Å². The second kappa shape index (κ2) is 6.40. The highest BCUT2D eigenvalue weighted by Crippen LogP contribution is 2.34. The van der Waals surface area contributed by atoms with E-state index in [1.807, 2.05) is 4.90 Å². The molecular formula is C13H15BrN2O5. The quantitative estimate of drug-likeness (QED) is 0.467. The van der Waals surface area contributed by atoms with E-state index in [9.17, 15) is 14.9 Å². The molecular weight excluding hydrogens is 344 g/mol. The molecule has 1 atom stereocenters. The van der Waals surface area contributed by atoms with Crippen molar-refractivity contribution in [2.45, 2.75) is 13.0 Å². The number of hydrogen-bond donors (Lipinski definition) is 0. The van der Waals surface area contributed by atoms with Crippen LogP contribution >= 0.6 is 15.9 Å². The summed E-state index contributed by atoms with van der Waals surface area (Å²) in [5.74, 6) is -0.422. The molecule has 0 spiro atoms. The number of esters is 1. The van der Waals surface area contributed by atoms with Crippen molar-refractivity contribution in [2.24, 2.45) is 0 Å². The van der Waals surface area contributed by atoms with Crippen LogP contribution in [0, 0.1) is 17.0 Å². The first-order valence-corrected chi connectivity index (χ1v) is 7.12. The summed E-state index contributed by atoms with van der Waals surface area (Å²) in [5.41, 5.74) is 1.43. The third-order valence-corrected chi connectivity index (χ3v) is 3.97. The zero-order chi connectivity index (χ0) is 15.6. The largest absolute Gasteiger partial charge is 0.467 e. The van der Waals surface area contributed by atoms with Gasteiger partial charge in [0.05, 0.1) is 30.9 Å². The molecule has 1 aromatic carbocycles. The Morgan fingerprint density at radius 1 is 1.57 bits per heavy atom. The number of nitrogens with zero attached hydrogens (tertiary/aromatic N) is 2. The molecule has 0 aromatic heterocycles. The molecule has 0 aliphatic carbocycles. The lowest BCUT2D eigenvalue weighted by Gasteiger charge is -2.33. The number of hydrogen-bond acceptors (Lipinski definition) is 6. The summed E-state index contributed by atoms with van der Waals surface area (Å²) in [5, 5.41) is 10.9. The van der Waals surface area contributed by atoms with Crippen LogP contribution in [0.5, 0.6) is 0 Å². The standard InChI is InChI=1S/C13H15BrN2O5/c1-8-5-11(9(14)6-10(8)16(18)19)15-3-4-21-12(7-15)13(17)20-2/h5-6,12H,3-4,7H2,1-2H3. The van der Waals surface area contributed by atoms with Crippen LogP contribution in [0.4, 0.5) is 11.4 Å². The predicted octanol–water partition coefficient (Wildman–Crippen LogP) is 2.04. The number of methoxy groups -OCH3 is 1. The van der Waals surface area contributed by atoms with Crippen molar-refractivity contribution in [3.05, 3.63) is 32.3 Å². The maximum atomic E-state index is 11.6. The van der Waals surface area contributed by atoms with Crippen molar-refractivity contribution in [3.63, 3.8) is 0 Å². The topological polar surface area (TPSA) is 81.9 Å². The lowest BCUT2D eigenvalue weighted by Crippen LogP contribution is -2.46. The summed E-state index contributed by atoms with van der Waals surface area (Å²) in [6, 6.07) is 3.22. The van der Waals surface area contributed by atoms with E-state index >= 15 is 0 Å². The first kappa shape index (κ1) is 15.7. The van der Waals surface area contributed by atoms with E-state index in [2.05, 4.69) is 20.7 Å². The molecule has 1 aliphatic rings. The molecule has 2 rings (SSSR count). The molecule has 1 fully saturated rings. The summed E-state index contributed by atoms with van der Waals surface area (Å²) < 4.78 is 10.7. The molecule has 7 nitrogen and oxygen atoms in total. The summed E-state index contributed by atoms with van der Waals surface area (Å²) in [6.45, 7) is 3.03. The van der Waals surface area contributed by atoms with Gasteiger partial charge >= 0.3 is 5.97 Å². The van der Waals surface area contributed by atoms with Crippen LogP contribution in [-0.2, 0) is 14.3 Å². The van der Waals surface area contributed by atoms with Crippen LogP contribution < -0.4 is 4.90 Å². The summed E-state index contributed by atoms with van der Waals surface area (Å²) in [4.78, 5) is 24.0. The summed E-state index contributed by atoms with van der Waals surface area (Å²) in [6.07, 6.45) is -0.647. The van der Waals surface area contributed by atoms with Gasteiger partial charge in [0.15, 0.2) is 6.10 Å². The molecule has 1 unspecified atom stereocenters. The minimum Gasteiger partial charge on any atom is -0.467 e. The number of carbonyl (C=O) groups excluding carboxylic acids is 1. The van der Waals surface area contributed by atoms with Gasteiger partial charge in [-0.2, -0.15) is 0 Å². The van der Waals surface area contributed by atoms with Gasteiger partial charge in [-0.05, 0) is 28.9 Å². The van der Waals surface area contributed by atoms with E-state index in [-0.39, 0.29) is 5.69 Å². The summed E-state index contributed by atoms with van der Waals surface area (Å²) in [7, 11) is 1.32. The number of aryl methyl sites for hydroxylation is 1. The maximum Gasteiger partial charge on any atom is 0.336 e. The number of ether oxygens (including phenoxy) is 2. The van der Waals surface area contributed by atoms with Crippen LogP contribution in [0.1, 0.15) is 5.56 Å². The lowest BCUT2D eigenvalue weighted by molar-refractivity contribution is -0.385. The number of nitro benzene ring substituents is 1. The highest BCUT2D eigenvalue weighted by molar-refractivity contribution is 9.10. The van der Waals surface area contributed by atoms with Crippen LogP contribution in [0.25, 0.3) is 0 Å². The fourth-order valence-electron chi connectivity index (χ4n) is 2.24. The lowest BCUT2D eigenvalue weighted by atomic mass is 10.1. The molecule has 8 heteroatoms. The van der Waals surface area contributed by atoms with Gasteiger partial charge in [0.2, 0.25) is 0 Å². The number of carbonyl (C=O) groups is 1. The van der Waals surface area contributed by atoms with Gasteiger partial charge in [0.1, 0.15) is 0 Å². The molecule has 1 aromatic rings. The van der Waals surface area contributed by atoms with Crippen LogP contribution in [-0.4, -0.2) is 43.8 Å². The van der Waals surface area contributed by atoms with Gasteiger partial charge in [-0.3, -0.25) is 10.1 Å². The van der Waals surface area contributed by atoms with Crippen LogP contribution in [0.15, 0.2) is 16.6 Å². The third kappa shape index (κ3) is 3.33. The Morgan fingerprint density at radius 3 is 2.90 bits per heavy atom. The van der Waals surface area contributed by atoms with E-state index in [1.54, 1.807) is 13.0 Å². The molecule has 21 heavy (non-hydrogen) atoms. The maximum absolute atomic E-state index is 11.6. The summed E-state index contributed by atoms with van der Waals surface area (Å²) >= 11 is 3.36. The van der Waals surface area contributed by atoms with Crippen molar-refractivity contribution < 1.29 is 19.2 Å². The zero-order valence-corrected chi connectivity index (χ0v) is 13.3. The van der Waals surface area contributed by atoms with Crippen molar-refractivity contribution in [3.8, 4) is 0 Å². The second-order valence-electron chi connectivity index (χ2n) is 4.68. The Balaban J connectivity index is 2.27. The fraction of sp³-hybridized carbons (Fsp3) is 0.462. The van der Waals surface area contributed by atoms with Crippen LogP contribution in [0.3, 0.4) is 0 Å². The molecule has 1 aliphatic heterocycles. The third-order valence-electron chi connectivity index (χ3n) is 3.33. The highest BCUT2D eigenvalue weighted by atomic mass is 79.9. The molecule has 1 heterocycles. The van der Waals surface area contributed by atoms with Crippen LogP contribution in [0.2, 0.25) is 0 Å². The van der Waals surface area contributed by atoms with Crippen molar-refractivity contribution in [1.29, 1.82) is 0 Å². The number of rotatable bonds is 3. The van der Waals surface area contributed by atoms with E-state index in [1.165, 1.54) is 13.2 Å². The zero-order valence-electron chi connectivity index (χ0n) is 11.7. The van der Waals surface area contributed by atoms with E-state index in [0.717, 1.165) is 5.69 Å². The van der Waals surface area contributed by atoms with Gasteiger partial charge in [-0.15, -0.1) is 0 Å². The average molecular weight is 359 g/mol.